The highest BCUT2D eigenvalue weighted by molar-refractivity contribution is 7.71. The van der Waals surface area contributed by atoms with Crippen LogP contribution < -0.4 is 4.74 Å². The van der Waals surface area contributed by atoms with E-state index in [-0.39, 0.29) is 12.4 Å². The lowest BCUT2D eigenvalue weighted by molar-refractivity contribution is 0.281. The number of halogens is 1. The molecule has 1 aromatic heterocycles. The first kappa shape index (κ1) is 9.85. The van der Waals surface area contributed by atoms with Crippen LogP contribution in [0.2, 0.25) is 0 Å². The molecule has 0 spiro atoms. The lowest BCUT2D eigenvalue weighted by atomic mass is 10.3. The molecule has 0 radical (unpaired) electrons. The largest absolute Gasteiger partial charge is 0.483 e. The SMILES string of the molecule is Fc1ccccc1OCc1nc(=S)[nH][nH]1. The number of aromatic nitrogens is 3. The van der Waals surface area contributed by atoms with Crippen LogP contribution in [0.4, 0.5) is 4.39 Å². The van der Waals surface area contributed by atoms with Crippen molar-refractivity contribution in [1.82, 2.24) is 15.2 Å². The summed E-state index contributed by atoms with van der Waals surface area (Å²) in [5.74, 6) is 0.328. The molecule has 4 nitrogen and oxygen atoms in total. The normalized spacial score (nSPS) is 10.2. The molecule has 0 atom stereocenters. The van der Waals surface area contributed by atoms with E-state index in [0.29, 0.717) is 10.6 Å². The number of ether oxygens (including phenoxy) is 1. The lowest BCUT2D eigenvalue weighted by Crippen LogP contribution is -1.99. The minimum Gasteiger partial charge on any atom is -0.483 e. The molecule has 0 bridgehead atoms. The average Bonchev–Trinajstić information content (AvgIpc) is 2.63. The van der Waals surface area contributed by atoms with Crippen LogP contribution in [0.5, 0.6) is 5.75 Å². The van der Waals surface area contributed by atoms with Crippen molar-refractivity contribution in [1.29, 1.82) is 0 Å². The summed E-state index contributed by atoms with van der Waals surface area (Å²) in [7, 11) is 0. The van der Waals surface area contributed by atoms with Crippen molar-refractivity contribution in [2.75, 3.05) is 0 Å². The summed E-state index contributed by atoms with van der Waals surface area (Å²) in [5.41, 5.74) is 0. The zero-order chi connectivity index (χ0) is 10.7. The van der Waals surface area contributed by atoms with Crippen LogP contribution in [0.25, 0.3) is 0 Å². The zero-order valence-electron chi connectivity index (χ0n) is 7.66. The van der Waals surface area contributed by atoms with E-state index in [1.165, 1.54) is 6.07 Å². The van der Waals surface area contributed by atoms with Gasteiger partial charge in [-0.05, 0) is 24.4 Å². The Morgan fingerprint density at radius 2 is 2.13 bits per heavy atom. The van der Waals surface area contributed by atoms with Gasteiger partial charge in [0.25, 0.3) is 0 Å². The molecule has 15 heavy (non-hydrogen) atoms. The Bertz CT molecular complexity index is 508. The first-order valence-electron chi connectivity index (χ1n) is 4.26. The van der Waals surface area contributed by atoms with E-state index >= 15 is 0 Å². The van der Waals surface area contributed by atoms with E-state index in [0.717, 1.165) is 0 Å². The molecule has 0 amide bonds. The maximum Gasteiger partial charge on any atom is 0.213 e. The highest BCUT2D eigenvalue weighted by atomic mass is 32.1. The van der Waals surface area contributed by atoms with Gasteiger partial charge >= 0.3 is 0 Å². The van der Waals surface area contributed by atoms with Crippen LogP contribution in [-0.2, 0) is 6.61 Å². The number of H-pyrrole nitrogens is 2. The fraction of sp³-hybridized carbons (Fsp3) is 0.111. The monoisotopic (exact) mass is 225 g/mol. The van der Waals surface area contributed by atoms with E-state index in [9.17, 15) is 4.39 Å². The molecule has 78 valence electrons. The average molecular weight is 225 g/mol. The molecule has 0 aliphatic rings. The Morgan fingerprint density at radius 1 is 1.33 bits per heavy atom. The van der Waals surface area contributed by atoms with Crippen molar-refractivity contribution in [2.45, 2.75) is 6.61 Å². The van der Waals surface area contributed by atoms with Gasteiger partial charge in [-0.2, -0.15) is 0 Å². The smallest absolute Gasteiger partial charge is 0.213 e. The molecule has 6 heteroatoms. The fourth-order valence-corrected chi connectivity index (χ4v) is 1.24. The molecule has 2 rings (SSSR count). The minimum atomic E-state index is -0.397. The van der Waals surface area contributed by atoms with Crippen molar-refractivity contribution >= 4 is 12.2 Å². The molecule has 0 unspecified atom stereocenters. The minimum absolute atomic E-state index is 0.147. The summed E-state index contributed by atoms with van der Waals surface area (Å²) < 4.78 is 18.7. The summed E-state index contributed by atoms with van der Waals surface area (Å²) in [5, 5.41) is 5.33. The number of nitrogens with zero attached hydrogens (tertiary/aromatic N) is 1. The molecule has 1 heterocycles. The van der Waals surface area contributed by atoms with E-state index in [2.05, 4.69) is 15.2 Å². The molecule has 1 aromatic carbocycles. The number of rotatable bonds is 3. The van der Waals surface area contributed by atoms with E-state index in [4.69, 9.17) is 17.0 Å². The van der Waals surface area contributed by atoms with Crippen LogP contribution in [0.3, 0.4) is 0 Å². The van der Waals surface area contributed by atoms with Gasteiger partial charge in [0.1, 0.15) is 6.61 Å². The van der Waals surface area contributed by atoms with Gasteiger partial charge in [0.15, 0.2) is 17.4 Å². The molecule has 2 N–H and O–H groups in total. The van der Waals surface area contributed by atoms with Crippen molar-refractivity contribution in [3.05, 3.63) is 40.7 Å². The van der Waals surface area contributed by atoms with Gasteiger partial charge in [-0.1, -0.05) is 12.1 Å². The number of hydrogen-bond acceptors (Lipinski definition) is 3. The Kier molecular flexibility index (Phi) is 2.77. The van der Waals surface area contributed by atoms with Crippen molar-refractivity contribution in [3.63, 3.8) is 0 Å². The van der Waals surface area contributed by atoms with Crippen LogP contribution in [0.1, 0.15) is 5.82 Å². The third-order valence-corrected chi connectivity index (χ3v) is 1.94. The molecule has 0 aliphatic heterocycles. The van der Waals surface area contributed by atoms with Gasteiger partial charge in [0.2, 0.25) is 4.77 Å². The van der Waals surface area contributed by atoms with Crippen LogP contribution in [0, 0.1) is 10.6 Å². The molecule has 2 aromatic rings. The molecule has 0 saturated carbocycles. The molecule has 0 fully saturated rings. The van der Waals surface area contributed by atoms with Gasteiger partial charge in [0, 0.05) is 0 Å². The van der Waals surface area contributed by atoms with Crippen LogP contribution in [0.15, 0.2) is 24.3 Å². The van der Waals surface area contributed by atoms with Crippen LogP contribution in [-0.4, -0.2) is 15.2 Å². The summed E-state index contributed by atoms with van der Waals surface area (Å²) >= 11 is 4.76. The second-order valence-corrected chi connectivity index (χ2v) is 3.22. The number of benzene rings is 1. The maximum absolute atomic E-state index is 13.1. The number of hydrogen-bond donors (Lipinski definition) is 2. The van der Waals surface area contributed by atoms with Gasteiger partial charge < -0.3 is 4.74 Å². The molecular weight excluding hydrogens is 217 g/mol. The second-order valence-electron chi connectivity index (χ2n) is 2.83. The van der Waals surface area contributed by atoms with Gasteiger partial charge in [0.05, 0.1) is 0 Å². The quantitative estimate of drug-likeness (QED) is 0.787. The summed E-state index contributed by atoms with van der Waals surface area (Å²) in [6.45, 7) is 0.147. The third-order valence-electron chi connectivity index (χ3n) is 1.75. The van der Waals surface area contributed by atoms with E-state index in [1.807, 2.05) is 0 Å². The Hall–Kier alpha value is -1.69. The summed E-state index contributed by atoms with van der Waals surface area (Å²) in [4.78, 5) is 3.91. The zero-order valence-corrected chi connectivity index (χ0v) is 8.47. The fourth-order valence-electron chi connectivity index (χ4n) is 1.08. The molecule has 0 aliphatic carbocycles. The van der Waals surface area contributed by atoms with E-state index < -0.39 is 5.82 Å². The standard InChI is InChI=1S/C9H8FN3OS/c10-6-3-1-2-4-7(6)14-5-8-11-9(15)13-12-8/h1-4H,5H2,(H2,11,12,13,15). The highest BCUT2D eigenvalue weighted by Crippen LogP contribution is 2.16. The Labute approximate surface area is 90.1 Å². The first-order chi connectivity index (χ1) is 7.25. The summed E-state index contributed by atoms with van der Waals surface area (Å²) in [6.07, 6.45) is 0. The van der Waals surface area contributed by atoms with Gasteiger partial charge in [-0.3, -0.25) is 10.2 Å². The van der Waals surface area contributed by atoms with Crippen LogP contribution >= 0.6 is 12.2 Å². The maximum atomic E-state index is 13.1. The first-order valence-corrected chi connectivity index (χ1v) is 4.67. The number of para-hydroxylation sites is 1. The van der Waals surface area contributed by atoms with Crippen molar-refractivity contribution in [2.24, 2.45) is 0 Å². The second kappa shape index (κ2) is 4.22. The highest BCUT2D eigenvalue weighted by Gasteiger charge is 2.02. The predicted molar refractivity (Wildman–Crippen MR) is 54.5 cm³/mol. The Morgan fingerprint density at radius 3 is 2.80 bits per heavy atom. The molecule has 0 saturated heterocycles. The predicted octanol–water partition coefficient (Wildman–Crippen LogP) is 2.19. The third kappa shape index (κ3) is 2.41. The number of nitrogens with one attached hydrogen (secondary N) is 2. The van der Waals surface area contributed by atoms with E-state index in [1.54, 1.807) is 18.2 Å². The van der Waals surface area contributed by atoms with Gasteiger partial charge in [-0.25, -0.2) is 9.37 Å². The topological polar surface area (TPSA) is 53.7 Å². The van der Waals surface area contributed by atoms with Crippen molar-refractivity contribution < 1.29 is 9.13 Å². The van der Waals surface area contributed by atoms with Crippen molar-refractivity contribution in [3.8, 4) is 5.75 Å². The van der Waals surface area contributed by atoms with Gasteiger partial charge in [-0.15, -0.1) is 0 Å². The summed E-state index contributed by atoms with van der Waals surface area (Å²) in [6, 6.07) is 6.19. The Balaban J connectivity index is 2.05. The lowest BCUT2D eigenvalue weighted by Gasteiger charge is -2.03. The number of aromatic amines is 2. The molecular formula is C9H8FN3OS.